The summed E-state index contributed by atoms with van der Waals surface area (Å²) in [4.78, 5) is 0. The van der Waals surface area contributed by atoms with Crippen LogP contribution < -0.4 is 0 Å². The van der Waals surface area contributed by atoms with Crippen molar-refractivity contribution in [1.29, 1.82) is 0 Å². The second-order valence-electron chi connectivity index (χ2n) is 4.34. The van der Waals surface area contributed by atoms with Crippen molar-refractivity contribution in [1.82, 2.24) is 0 Å². The Morgan fingerprint density at radius 2 is 1.82 bits per heavy atom. The highest BCUT2D eigenvalue weighted by Crippen LogP contribution is 2.55. The van der Waals surface area contributed by atoms with Crippen molar-refractivity contribution < 1.29 is 5.11 Å². The van der Waals surface area contributed by atoms with Crippen molar-refractivity contribution in [2.45, 2.75) is 44.9 Å². The fraction of sp³-hybridized carbons (Fsp3) is 1.00. The van der Waals surface area contributed by atoms with Gasteiger partial charge in [-0.05, 0) is 37.0 Å². The molecule has 1 atom stereocenters. The van der Waals surface area contributed by atoms with Crippen LogP contribution in [-0.4, -0.2) is 11.7 Å². The lowest BCUT2D eigenvalue weighted by atomic mass is 9.54. The van der Waals surface area contributed by atoms with Crippen LogP contribution in [0.1, 0.15) is 44.9 Å². The molecule has 2 aliphatic rings. The van der Waals surface area contributed by atoms with E-state index in [2.05, 4.69) is 0 Å². The molecule has 64 valence electrons. The Hall–Kier alpha value is -0.0400. The summed E-state index contributed by atoms with van der Waals surface area (Å²) in [6, 6.07) is 0. The zero-order chi connectivity index (χ0) is 7.73. The van der Waals surface area contributed by atoms with Gasteiger partial charge in [0, 0.05) is 6.61 Å². The molecule has 0 aliphatic heterocycles. The van der Waals surface area contributed by atoms with Crippen molar-refractivity contribution >= 4 is 0 Å². The Bertz CT molecular complexity index is 134. The molecule has 0 saturated heterocycles. The fourth-order valence-corrected chi connectivity index (χ4v) is 2.96. The van der Waals surface area contributed by atoms with Gasteiger partial charge in [-0.25, -0.2) is 0 Å². The van der Waals surface area contributed by atoms with E-state index in [0.29, 0.717) is 17.9 Å². The molecule has 2 saturated carbocycles. The van der Waals surface area contributed by atoms with E-state index in [0.717, 1.165) is 0 Å². The second kappa shape index (κ2) is 2.78. The van der Waals surface area contributed by atoms with E-state index in [4.69, 9.17) is 5.11 Å². The standard InChI is InChI=1S/C10H18O/c11-8-9-4-7-10(9)5-2-1-3-6-10/h9,11H,1-8H2. The average molecular weight is 154 g/mol. The predicted octanol–water partition coefficient (Wildman–Crippen LogP) is 2.34. The third-order valence-corrected chi connectivity index (χ3v) is 3.93. The van der Waals surface area contributed by atoms with Gasteiger partial charge in [0.1, 0.15) is 0 Å². The van der Waals surface area contributed by atoms with Crippen LogP contribution in [0.25, 0.3) is 0 Å². The Balaban J connectivity index is 1.97. The van der Waals surface area contributed by atoms with Crippen molar-refractivity contribution in [3.8, 4) is 0 Å². The number of aliphatic hydroxyl groups excluding tert-OH is 1. The van der Waals surface area contributed by atoms with Crippen LogP contribution in [0.4, 0.5) is 0 Å². The molecule has 0 amide bonds. The van der Waals surface area contributed by atoms with Crippen LogP contribution in [0, 0.1) is 11.3 Å². The summed E-state index contributed by atoms with van der Waals surface area (Å²) in [7, 11) is 0. The Morgan fingerprint density at radius 1 is 1.09 bits per heavy atom. The second-order valence-corrected chi connectivity index (χ2v) is 4.34. The van der Waals surface area contributed by atoms with Crippen LogP contribution >= 0.6 is 0 Å². The lowest BCUT2D eigenvalue weighted by molar-refractivity contribution is -0.0405. The number of hydrogen-bond donors (Lipinski definition) is 1. The van der Waals surface area contributed by atoms with E-state index in [1.165, 1.54) is 44.9 Å². The molecule has 0 aromatic heterocycles. The summed E-state index contributed by atoms with van der Waals surface area (Å²) in [6.45, 7) is 0.444. The van der Waals surface area contributed by atoms with Gasteiger partial charge >= 0.3 is 0 Å². The molecule has 2 aliphatic carbocycles. The topological polar surface area (TPSA) is 20.2 Å². The minimum absolute atomic E-state index is 0.444. The number of aliphatic hydroxyl groups is 1. The molecule has 2 rings (SSSR count). The van der Waals surface area contributed by atoms with E-state index in [1.807, 2.05) is 0 Å². The maximum absolute atomic E-state index is 9.10. The van der Waals surface area contributed by atoms with Crippen LogP contribution in [0.3, 0.4) is 0 Å². The average Bonchev–Trinajstić information content (AvgIpc) is 2.05. The Labute approximate surface area is 68.8 Å². The molecule has 1 unspecified atom stereocenters. The van der Waals surface area contributed by atoms with Gasteiger partial charge in [-0.15, -0.1) is 0 Å². The van der Waals surface area contributed by atoms with Gasteiger partial charge in [0.25, 0.3) is 0 Å². The SMILES string of the molecule is OCC1CCC12CCCCC2. The lowest BCUT2D eigenvalue weighted by Gasteiger charge is -2.51. The highest BCUT2D eigenvalue weighted by atomic mass is 16.3. The fourth-order valence-electron chi connectivity index (χ4n) is 2.96. The van der Waals surface area contributed by atoms with Gasteiger partial charge in [-0.1, -0.05) is 19.3 Å². The molecule has 0 aromatic carbocycles. The van der Waals surface area contributed by atoms with E-state index in [1.54, 1.807) is 0 Å². The zero-order valence-electron chi connectivity index (χ0n) is 7.18. The molecule has 1 nitrogen and oxygen atoms in total. The maximum Gasteiger partial charge on any atom is 0.0464 e. The number of hydrogen-bond acceptors (Lipinski definition) is 1. The molecular formula is C10H18O. The van der Waals surface area contributed by atoms with E-state index < -0.39 is 0 Å². The van der Waals surface area contributed by atoms with Crippen LogP contribution in [-0.2, 0) is 0 Å². The third-order valence-electron chi connectivity index (χ3n) is 3.93. The van der Waals surface area contributed by atoms with Gasteiger partial charge in [-0.3, -0.25) is 0 Å². The summed E-state index contributed by atoms with van der Waals surface area (Å²) in [5, 5.41) is 9.10. The molecule has 0 aromatic rings. The van der Waals surface area contributed by atoms with Crippen LogP contribution in [0.5, 0.6) is 0 Å². The van der Waals surface area contributed by atoms with E-state index >= 15 is 0 Å². The third kappa shape index (κ3) is 1.10. The molecule has 1 N–H and O–H groups in total. The Morgan fingerprint density at radius 3 is 2.27 bits per heavy atom. The predicted molar refractivity (Wildman–Crippen MR) is 45.3 cm³/mol. The molecule has 11 heavy (non-hydrogen) atoms. The Kier molecular flexibility index (Phi) is 1.92. The highest BCUT2D eigenvalue weighted by Gasteiger charge is 2.45. The van der Waals surface area contributed by atoms with Gasteiger partial charge in [0.2, 0.25) is 0 Å². The van der Waals surface area contributed by atoms with Crippen molar-refractivity contribution in [3.63, 3.8) is 0 Å². The first kappa shape index (κ1) is 7.60. The summed E-state index contributed by atoms with van der Waals surface area (Å²) < 4.78 is 0. The molecule has 0 heterocycles. The summed E-state index contributed by atoms with van der Waals surface area (Å²) in [6.07, 6.45) is 9.75. The van der Waals surface area contributed by atoms with Gasteiger partial charge in [0.15, 0.2) is 0 Å². The first-order chi connectivity index (χ1) is 5.37. The smallest absolute Gasteiger partial charge is 0.0464 e. The van der Waals surface area contributed by atoms with Gasteiger partial charge in [0.05, 0.1) is 0 Å². The lowest BCUT2D eigenvalue weighted by Crippen LogP contribution is -2.43. The molecule has 1 heteroatoms. The van der Waals surface area contributed by atoms with Crippen LogP contribution in [0.2, 0.25) is 0 Å². The van der Waals surface area contributed by atoms with Gasteiger partial charge < -0.3 is 5.11 Å². The molecule has 0 radical (unpaired) electrons. The summed E-state index contributed by atoms with van der Waals surface area (Å²) in [5.74, 6) is 0.669. The minimum Gasteiger partial charge on any atom is -0.396 e. The molecule has 0 bridgehead atoms. The molecule has 2 fully saturated rings. The number of rotatable bonds is 1. The van der Waals surface area contributed by atoms with Crippen molar-refractivity contribution in [3.05, 3.63) is 0 Å². The first-order valence-electron chi connectivity index (χ1n) is 4.98. The normalized spacial score (nSPS) is 35.2. The zero-order valence-corrected chi connectivity index (χ0v) is 7.18. The highest BCUT2D eigenvalue weighted by molar-refractivity contribution is 4.96. The molecule has 1 spiro atoms. The first-order valence-corrected chi connectivity index (χ1v) is 4.98. The summed E-state index contributed by atoms with van der Waals surface area (Å²) in [5.41, 5.74) is 0.618. The largest absolute Gasteiger partial charge is 0.396 e. The van der Waals surface area contributed by atoms with Gasteiger partial charge in [-0.2, -0.15) is 0 Å². The van der Waals surface area contributed by atoms with Crippen LogP contribution in [0.15, 0.2) is 0 Å². The van der Waals surface area contributed by atoms with E-state index in [9.17, 15) is 0 Å². The monoisotopic (exact) mass is 154 g/mol. The van der Waals surface area contributed by atoms with E-state index in [-0.39, 0.29) is 0 Å². The molecular weight excluding hydrogens is 136 g/mol. The van der Waals surface area contributed by atoms with Crippen molar-refractivity contribution in [2.24, 2.45) is 11.3 Å². The quantitative estimate of drug-likeness (QED) is 0.614. The summed E-state index contributed by atoms with van der Waals surface area (Å²) >= 11 is 0. The minimum atomic E-state index is 0.444. The maximum atomic E-state index is 9.10. The van der Waals surface area contributed by atoms with Crippen molar-refractivity contribution in [2.75, 3.05) is 6.61 Å².